The zero-order chi connectivity index (χ0) is 18.9. The van der Waals surface area contributed by atoms with Crippen molar-refractivity contribution in [1.29, 1.82) is 0 Å². The summed E-state index contributed by atoms with van der Waals surface area (Å²) in [6.07, 6.45) is 1.84. The predicted octanol–water partition coefficient (Wildman–Crippen LogP) is 2.59. The molecule has 28 heavy (non-hydrogen) atoms. The van der Waals surface area contributed by atoms with Crippen LogP contribution in [0.2, 0.25) is 0 Å². The molecule has 1 aliphatic rings. The molecular weight excluding hydrogens is 467 g/mol. The van der Waals surface area contributed by atoms with Crippen LogP contribution in [0.4, 0.5) is 0 Å². The molecule has 7 heteroatoms. The Morgan fingerprint density at radius 3 is 2.50 bits per heavy atom. The number of aliphatic imine (C=N–C) groups is 1. The number of para-hydroxylation sites is 1. The summed E-state index contributed by atoms with van der Waals surface area (Å²) >= 11 is 0. The maximum atomic E-state index is 12.0. The van der Waals surface area contributed by atoms with Gasteiger partial charge in [-0.25, -0.2) is 0 Å². The first kappa shape index (κ1) is 22.0. The van der Waals surface area contributed by atoms with Crippen molar-refractivity contribution >= 4 is 35.8 Å². The van der Waals surface area contributed by atoms with Crippen LogP contribution >= 0.6 is 24.0 Å². The number of nitrogens with zero attached hydrogens (tertiary/aromatic N) is 1. The Hall–Kier alpha value is -2.29. The fourth-order valence-corrected chi connectivity index (χ4v) is 2.99. The van der Waals surface area contributed by atoms with E-state index in [-0.39, 0.29) is 36.0 Å². The Morgan fingerprint density at radius 2 is 1.75 bits per heavy atom. The third-order valence-corrected chi connectivity index (χ3v) is 4.40. The molecule has 0 spiro atoms. The van der Waals surface area contributed by atoms with Crippen molar-refractivity contribution < 1.29 is 9.53 Å². The van der Waals surface area contributed by atoms with E-state index < -0.39 is 0 Å². The van der Waals surface area contributed by atoms with Crippen molar-refractivity contribution in [3.8, 4) is 5.75 Å². The van der Waals surface area contributed by atoms with Crippen LogP contribution in [0.1, 0.15) is 22.3 Å². The Bertz CT molecular complexity index is 758. The Kier molecular flexibility index (Phi) is 9.06. The number of carbonyl (C=O) groups excluding carboxylic acids is 1. The number of carbonyl (C=O) groups is 1. The highest BCUT2D eigenvalue weighted by atomic mass is 127. The van der Waals surface area contributed by atoms with Crippen molar-refractivity contribution in [2.45, 2.75) is 18.9 Å². The van der Waals surface area contributed by atoms with E-state index in [1.807, 2.05) is 48.5 Å². The summed E-state index contributed by atoms with van der Waals surface area (Å²) in [7, 11) is 1.75. The summed E-state index contributed by atoms with van der Waals surface area (Å²) in [6.45, 7) is 2.03. The van der Waals surface area contributed by atoms with E-state index in [2.05, 4.69) is 27.0 Å². The molecule has 3 rings (SSSR count). The van der Waals surface area contributed by atoms with Gasteiger partial charge < -0.3 is 20.7 Å². The zero-order valence-electron chi connectivity index (χ0n) is 16.0. The number of ether oxygens (including phenoxy) is 1. The van der Waals surface area contributed by atoms with E-state index in [0.29, 0.717) is 18.7 Å². The van der Waals surface area contributed by atoms with Gasteiger partial charge in [0.2, 0.25) is 0 Å². The second-order valence-corrected chi connectivity index (χ2v) is 6.41. The second-order valence-electron chi connectivity index (χ2n) is 6.41. The first-order valence-electron chi connectivity index (χ1n) is 9.28. The number of fused-ring (bicyclic) bond motifs is 1. The summed E-state index contributed by atoms with van der Waals surface area (Å²) < 4.78 is 5.92. The first-order valence-corrected chi connectivity index (χ1v) is 9.28. The molecule has 1 amide bonds. The fraction of sp³-hybridized carbons (Fsp3) is 0.333. The minimum absolute atomic E-state index is 0. The standard InChI is InChI=1S/C21H26N4O2.HI/c1-22-21(25-15-18-14-17-10-5-6-11-19(17)27-18)24-13-7-12-23-20(26)16-8-3-2-4-9-16;/h2-6,8-11,18H,7,12-15H2,1H3,(H,23,26)(H2,22,24,25);1H. The Labute approximate surface area is 183 Å². The van der Waals surface area contributed by atoms with Gasteiger partial charge in [0.25, 0.3) is 5.91 Å². The molecule has 0 aromatic heterocycles. The van der Waals surface area contributed by atoms with Gasteiger partial charge in [0.1, 0.15) is 11.9 Å². The van der Waals surface area contributed by atoms with Gasteiger partial charge in [-0.1, -0.05) is 36.4 Å². The van der Waals surface area contributed by atoms with Gasteiger partial charge in [-0.15, -0.1) is 24.0 Å². The molecule has 0 saturated carbocycles. The number of amides is 1. The summed E-state index contributed by atoms with van der Waals surface area (Å²) in [5.74, 6) is 1.67. The summed E-state index contributed by atoms with van der Waals surface area (Å²) in [5.41, 5.74) is 1.93. The normalized spacial score (nSPS) is 15.0. The Morgan fingerprint density at radius 1 is 1.04 bits per heavy atom. The van der Waals surface area contributed by atoms with Crippen LogP contribution in [0.25, 0.3) is 0 Å². The highest BCUT2D eigenvalue weighted by Crippen LogP contribution is 2.27. The Balaban J connectivity index is 0.00000280. The minimum Gasteiger partial charge on any atom is -0.488 e. The molecule has 3 N–H and O–H groups in total. The number of benzene rings is 2. The zero-order valence-corrected chi connectivity index (χ0v) is 18.3. The highest BCUT2D eigenvalue weighted by molar-refractivity contribution is 14.0. The lowest BCUT2D eigenvalue weighted by molar-refractivity contribution is 0.0953. The van der Waals surface area contributed by atoms with Crippen LogP contribution in [0, 0.1) is 0 Å². The molecule has 150 valence electrons. The van der Waals surface area contributed by atoms with E-state index in [0.717, 1.165) is 31.1 Å². The molecule has 1 atom stereocenters. The predicted molar refractivity (Wildman–Crippen MR) is 123 cm³/mol. The first-order chi connectivity index (χ1) is 13.3. The smallest absolute Gasteiger partial charge is 0.251 e. The van der Waals surface area contributed by atoms with E-state index in [9.17, 15) is 4.79 Å². The number of hydrogen-bond acceptors (Lipinski definition) is 3. The molecular formula is C21H27IN4O2. The molecule has 0 fully saturated rings. The van der Waals surface area contributed by atoms with Crippen molar-refractivity contribution in [2.75, 3.05) is 26.7 Å². The van der Waals surface area contributed by atoms with Crippen molar-refractivity contribution in [2.24, 2.45) is 4.99 Å². The number of guanidine groups is 1. The topological polar surface area (TPSA) is 74.8 Å². The van der Waals surface area contributed by atoms with E-state index in [1.54, 1.807) is 7.05 Å². The van der Waals surface area contributed by atoms with Gasteiger partial charge in [0, 0.05) is 32.1 Å². The molecule has 6 nitrogen and oxygen atoms in total. The van der Waals surface area contributed by atoms with Crippen LogP contribution < -0.4 is 20.7 Å². The highest BCUT2D eigenvalue weighted by Gasteiger charge is 2.22. The van der Waals surface area contributed by atoms with Gasteiger partial charge in [0.05, 0.1) is 6.54 Å². The molecule has 1 aliphatic heterocycles. The largest absolute Gasteiger partial charge is 0.488 e. The van der Waals surface area contributed by atoms with Crippen LogP contribution in [0.3, 0.4) is 0 Å². The molecule has 0 aliphatic carbocycles. The van der Waals surface area contributed by atoms with Crippen LogP contribution in [0.5, 0.6) is 5.75 Å². The van der Waals surface area contributed by atoms with E-state index in [4.69, 9.17) is 4.74 Å². The fourth-order valence-electron chi connectivity index (χ4n) is 2.99. The van der Waals surface area contributed by atoms with Gasteiger partial charge in [-0.05, 0) is 30.2 Å². The monoisotopic (exact) mass is 494 g/mol. The summed E-state index contributed by atoms with van der Waals surface area (Å²) in [4.78, 5) is 16.2. The van der Waals surface area contributed by atoms with Gasteiger partial charge in [-0.3, -0.25) is 9.79 Å². The molecule has 2 aromatic rings. The van der Waals surface area contributed by atoms with Gasteiger partial charge in [0.15, 0.2) is 5.96 Å². The van der Waals surface area contributed by atoms with E-state index >= 15 is 0 Å². The SMILES string of the molecule is CN=C(NCCCNC(=O)c1ccccc1)NCC1Cc2ccccc2O1.I. The maximum Gasteiger partial charge on any atom is 0.251 e. The molecule has 0 radical (unpaired) electrons. The van der Waals surface area contributed by atoms with Crippen molar-refractivity contribution in [3.63, 3.8) is 0 Å². The average Bonchev–Trinajstić information content (AvgIpc) is 3.13. The molecule has 1 unspecified atom stereocenters. The van der Waals surface area contributed by atoms with Crippen molar-refractivity contribution in [1.82, 2.24) is 16.0 Å². The second kappa shape index (κ2) is 11.5. The quantitative estimate of drug-likeness (QED) is 0.240. The minimum atomic E-state index is -0.0453. The number of hydrogen-bond donors (Lipinski definition) is 3. The molecule has 1 heterocycles. The van der Waals surface area contributed by atoms with Crippen LogP contribution in [-0.2, 0) is 6.42 Å². The molecule has 0 saturated heterocycles. The molecule has 2 aromatic carbocycles. The van der Waals surface area contributed by atoms with Gasteiger partial charge in [-0.2, -0.15) is 0 Å². The molecule has 0 bridgehead atoms. The number of nitrogens with one attached hydrogen (secondary N) is 3. The van der Waals surface area contributed by atoms with E-state index in [1.165, 1.54) is 5.56 Å². The number of halogens is 1. The van der Waals surface area contributed by atoms with Gasteiger partial charge >= 0.3 is 0 Å². The van der Waals surface area contributed by atoms with Crippen molar-refractivity contribution in [3.05, 3.63) is 65.7 Å². The lowest BCUT2D eigenvalue weighted by Crippen LogP contribution is -2.43. The third-order valence-electron chi connectivity index (χ3n) is 4.40. The van der Waals surface area contributed by atoms with Crippen LogP contribution in [-0.4, -0.2) is 44.7 Å². The number of rotatable bonds is 7. The summed E-state index contributed by atoms with van der Waals surface area (Å²) in [5, 5.41) is 9.48. The third kappa shape index (κ3) is 6.40. The maximum absolute atomic E-state index is 12.0. The lowest BCUT2D eigenvalue weighted by atomic mass is 10.1. The lowest BCUT2D eigenvalue weighted by Gasteiger charge is -2.15. The van der Waals surface area contributed by atoms with Crippen LogP contribution in [0.15, 0.2) is 59.6 Å². The average molecular weight is 494 g/mol. The summed E-state index contributed by atoms with van der Waals surface area (Å²) in [6, 6.07) is 17.4.